The molecule has 0 aliphatic carbocycles. The van der Waals surface area contributed by atoms with Crippen LogP contribution in [0, 0.1) is 5.92 Å². The molecule has 0 saturated carbocycles. The van der Waals surface area contributed by atoms with E-state index in [1.165, 1.54) is 0 Å². The van der Waals surface area contributed by atoms with Crippen LogP contribution in [0.1, 0.15) is 39.5 Å². The predicted molar refractivity (Wildman–Crippen MR) is 80.7 cm³/mol. The minimum absolute atomic E-state index is 0.00438. The number of amides is 2. The van der Waals surface area contributed by atoms with Gasteiger partial charge in [0, 0.05) is 30.3 Å². The molecule has 2 rings (SSSR count). The molecule has 1 saturated heterocycles. The van der Waals surface area contributed by atoms with Gasteiger partial charge in [-0.25, -0.2) is 0 Å². The van der Waals surface area contributed by atoms with Crippen LogP contribution in [-0.2, 0) is 9.59 Å². The van der Waals surface area contributed by atoms with Crippen molar-refractivity contribution in [2.24, 2.45) is 5.92 Å². The Balaban J connectivity index is 2.11. The molecule has 0 bridgehead atoms. The number of carbonyl (C=O) groups is 2. The van der Waals surface area contributed by atoms with Crippen LogP contribution in [0.25, 0.3) is 0 Å². The van der Waals surface area contributed by atoms with Crippen LogP contribution in [0.4, 0.5) is 11.4 Å². The number of hydrogen-bond donors (Lipinski definition) is 1. The summed E-state index contributed by atoms with van der Waals surface area (Å²) < 4.78 is 0. The Morgan fingerprint density at radius 2 is 2.20 bits per heavy atom. The third kappa shape index (κ3) is 3.38. The van der Waals surface area contributed by atoms with E-state index in [9.17, 15) is 9.59 Å². The predicted octanol–water partition coefficient (Wildman–Crippen LogP) is 3.19. The molecule has 1 aromatic carbocycles. The first kappa shape index (κ1) is 14.6. The number of nitrogens with one attached hydrogen (secondary N) is 1. The van der Waals surface area contributed by atoms with Crippen LogP contribution >= 0.6 is 0 Å². The molecule has 0 unspecified atom stereocenters. The number of hydrogen-bond acceptors (Lipinski definition) is 2. The van der Waals surface area contributed by atoms with Crippen LogP contribution in [0.5, 0.6) is 0 Å². The molecule has 1 heterocycles. The van der Waals surface area contributed by atoms with E-state index in [4.69, 9.17) is 0 Å². The van der Waals surface area contributed by atoms with Crippen molar-refractivity contribution < 1.29 is 9.59 Å². The molecule has 1 fully saturated rings. The van der Waals surface area contributed by atoms with Gasteiger partial charge in [-0.15, -0.1) is 0 Å². The summed E-state index contributed by atoms with van der Waals surface area (Å²) in [5, 5.41) is 2.91. The monoisotopic (exact) mass is 274 g/mol. The van der Waals surface area contributed by atoms with Gasteiger partial charge in [0.2, 0.25) is 11.8 Å². The molecule has 0 radical (unpaired) electrons. The van der Waals surface area contributed by atoms with Gasteiger partial charge < -0.3 is 10.2 Å². The highest BCUT2D eigenvalue weighted by Crippen LogP contribution is 2.24. The van der Waals surface area contributed by atoms with Crippen molar-refractivity contribution in [2.45, 2.75) is 39.5 Å². The number of nitrogens with zero attached hydrogens (tertiary/aromatic N) is 1. The first-order chi connectivity index (χ1) is 9.61. The summed E-state index contributed by atoms with van der Waals surface area (Å²) in [6, 6.07) is 7.53. The molecule has 0 aromatic heterocycles. The molecule has 0 spiro atoms. The summed E-state index contributed by atoms with van der Waals surface area (Å²) >= 11 is 0. The number of benzene rings is 1. The fraction of sp³-hybridized carbons (Fsp3) is 0.500. The van der Waals surface area contributed by atoms with Crippen LogP contribution < -0.4 is 10.2 Å². The fourth-order valence-corrected chi connectivity index (χ4v) is 2.28. The van der Waals surface area contributed by atoms with Crippen molar-refractivity contribution in [1.82, 2.24) is 0 Å². The van der Waals surface area contributed by atoms with E-state index in [2.05, 4.69) is 5.32 Å². The lowest BCUT2D eigenvalue weighted by atomic mass is 10.1. The smallest absolute Gasteiger partial charge is 0.227 e. The standard InChI is InChI=1S/C16H22N2O2/c1-3-12(2)16(20)17-13-7-6-8-14(11-13)18-10-5-4-9-15(18)19/h6-8,11-12H,3-5,9-10H2,1-2H3,(H,17,20)/t12-/m1/s1. The Morgan fingerprint density at radius 3 is 2.90 bits per heavy atom. The summed E-state index contributed by atoms with van der Waals surface area (Å²) in [7, 11) is 0. The van der Waals surface area contributed by atoms with Crippen molar-refractivity contribution in [3.63, 3.8) is 0 Å². The van der Waals surface area contributed by atoms with Crippen LogP contribution in [-0.4, -0.2) is 18.4 Å². The molecule has 1 aliphatic heterocycles. The highest BCUT2D eigenvalue weighted by molar-refractivity contribution is 5.96. The number of carbonyl (C=O) groups excluding carboxylic acids is 2. The van der Waals surface area contributed by atoms with E-state index in [0.717, 1.165) is 37.2 Å². The lowest BCUT2D eigenvalue weighted by Gasteiger charge is -2.27. The van der Waals surface area contributed by atoms with E-state index in [-0.39, 0.29) is 17.7 Å². The summed E-state index contributed by atoms with van der Waals surface area (Å²) in [5.41, 5.74) is 1.63. The topological polar surface area (TPSA) is 49.4 Å². The van der Waals surface area contributed by atoms with E-state index < -0.39 is 0 Å². The molecule has 4 heteroatoms. The third-order valence-electron chi connectivity index (χ3n) is 3.81. The molecular formula is C16H22N2O2. The molecule has 108 valence electrons. The highest BCUT2D eigenvalue weighted by Gasteiger charge is 2.20. The molecule has 1 atom stereocenters. The first-order valence-corrected chi connectivity index (χ1v) is 7.33. The Morgan fingerprint density at radius 1 is 1.40 bits per heavy atom. The average molecular weight is 274 g/mol. The second-order valence-corrected chi connectivity index (χ2v) is 5.35. The maximum absolute atomic E-state index is 11.9. The SMILES string of the molecule is CC[C@@H](C)C(=O)Nc1cccc(N2CCCCC2=O)c1. The molecule has 1 aromatic rings. The van der Waals surface area contributed by atoms with Gasteiger partial charge in [0.15, 0.2) is 0 Å². The Bertz CT molecular complexity index is 499. The molecular weight excluding hydrogens is 252 g/mol. The first-order valence-electron chi connectivity index (χ1n) is 7.33. The number of rotatable bonds is 4. The van der Waals surface area contributed by atoms with Gasteiger partial charge in [-0.3, -0.25) is 9.59 Å². The van der Waals surface area contributed by atoms with E-state index in [1.54, 1.807) is 0 Å². The van der Waals surface area contributed by atoms with Crippen LogP contribution in [0.15, 0.2) is 24.3 Å². The second-order valence-electron chi connectivity index (χ2n) is 5.35. The Labute approximate surface area is 120 Å². The van der Waals surface area contributed by atoms with Gasteiger partial charge in [-0.05, 0) is 37.5 Å². The van der Waals surface area contributed by atoms with Gasteiger partial charge in [0.05, 0.1) is 0 Å². The summed E-state index contributed by atoms with van der Waals surface area (Å²) in [6.07, 6.45) is 3.44. The molecule has 1 aliphatic rings. The normalized spacial score (nSPS) is 16.9. The van der Waals surface area contributed by atoms with Crippen molar-refractivity contribution in [3.8, 4) is 0 Å². The van der Waals surface area contributed by atoms with Gasteiger partial charge in [-0.2, -0.15) is 0 Å². The second kappa shape index (κ2) is 6.55. The molecule has 4 nitrogen and oxygen atoms in total. The largest absolute Gasteiger partial charge is 0.326 e. The highest BCUT2D eigenvalue weighted by atomic mass is 16.2. The lowest BCUT2D eigenvalue weighted by Crippen LogP contribution is -2.35. The van der Waals surface area contributed by atoms with Crippen LogP contribution in [0.3, 0.4) is 0 Å². The van der Waals surface area contributed by atoms with Crippen LogP contribution in [0.2, 0.25) is 0 Å². The van der Waals surface area contributed by atoms with Gasteiger partial charge in [0.1, 0.15) is 0 Å². The van der Waals surface area contributed by atoms with E-state index in [0.29, 0.717) is 6.42 Å². The summed E-state index contributed by atoms with van der Waals surface area (Å²) in [4.78, 5) is 25.6. The van der Waals surface area contributed by atoms with Crippen molar-refractivity contribution in [2.75, 3.05) is 16.8 Å². The Kier molecular flexibility index (Phi) is 4.77. The maximum atomic E-state index is 11.9. The lowest BCUT2D eigenvalue weighted by molar-refractivity contribution is -0.120. The number of anilines is 2. The molecule has 20 heavy (non-hydrogen) atoms. The Hall–Kier alpha value is -1.84. The minimum Gasteiger partial charge on any atom is -0.326 e. The summed E-state index contributed by atoms with van der Waals surface area (Å²) in [5.74, 6) is 0.187. The fourth-order valence-electron chi connectivity index (χ4n) is 2.28. The minimum atomic E-state index is -0.00438. The number of piperidine rings is 1. The average Bonchev–Trinajstić information content (AvgIpc) is 2.47. The molecule has 1 N–H and O–H groups in total. The van der Waals surface area contributed by atoms with Crippen molar-refractivity contribution in [1.29, 1.82) is 0 Å². The zero-order chi connectivity index (χ0) is 14.5. The third-order valence-corrected chi connectivity index (χ3v) is 3.81. The van der Waals surface area contributed by atoms with Gasteiger partial charge >= 0.3 is 0 Å². The van der Waals surface area contributed by atoms with Crippen molar-refractivity contribution in [3.05, 3.63) is 24.3 Å². The summed E-state index contributed by atoms with van der Waals surface area (Å²) in [6.45, 7) is 4.67. The molecule has 2 amide bonds. The zero-order valence-corrected chi connectivity index (χ0v) is 12.2. The zero-order valence-electron chi connectivity index (χ0n) is 12.2. The maximum Gasteiger partial charge on any atom is 0.227 e. The van der Waals surface area contributed by atoms with Gasteiger partial charge in [0.25, 0.3) is 0 Å². The van der Waals surface area contributed by atoms with E-state index in [1.807, 2.05) is 43.0 Å². The quantitative estimate of drug-likeness (QED) is 0.916. The van der Waals surface area contributed by atoms with Crippen molar-refractivity contribution >= 4 is 23.2 Å². The van der Waals surface area contributed by atoms with Gasteiger partial charge in [-0.1, -0.05) is 19.9 Å². The van der Waals surface area contributed by atoms with E-state index >= 15 is 0 Å².